The molecule has 0 aliphatic heterocycles. The molecule has 4 nitrogen and oxygen atoms in total. The molecule has 0 spiro atoms. The van der Waals surface area contributed by atoms with E-state index in [1.165, 1.54) is 0 Å². The molecule has 1 heterocycles. The molecule has 4 aromatic rings. The van der Waals surface area contributed by atoms with Crippen LogP contribution in [0.25, 0.3) is 0 Å². The normalized spacial score (nSPS) is 10.6. The highest BCUT2D eigenvalue weighted by molar-refractivity contribution is 6.05. The molecule has 3 aromatic carbocycles. The van der Waals surface area contributed by atoms with Crippen molar-refractivity contribution in [3.63, 3.8) is 0 Å². The topological polar surface area (TPSA) is 34.5 Å². The van der Waals surface area contributed by atoms with Crippen LogP contribution in [0.1, 0.15) is 27.3 Å². The van der Waals surface area contributed by atoms with Crippen LogP contribution < -0.4 is 9.75 Å². The predicted molar refractivity (Wildman–Crippen MR) is 120 cm³/mol. The zero-order valence-electron chi connectivity index (χ0n) is 17.2. The van der Waals surface area contributed by atoms with E-state index in [9.17, 15) is 4.79 Å². The molecule has 150 valence electrons. The van der Waals surface area contributed by atoms with Crippen molar-refractivity contribution in [2.45, 2.75) is 20.5 Å². The van der Waals surface area contributed by atoms with Gasteiger partial charge in [0.2, 0.25) is 0 Å². The van der Waals surface area contributed by atoms with Crippen LogP contribution in [-0.4, -0.2) is 10.6 Å². The Morgan fingerprint density at radius 1 is 0.767 bits per heavy atom. The summed E-state index contributed by atoms with van der Waals surface area (Å²) in [6, 6.07) is 31.0. The minimum absolute atomic E-state index is 0.0871. The van der Waals surface area contributed by atoms with Crippen LogP contribution in [0.4, 0.5) is 5.69 Å². The smallest absolute Gasteiger partial charge is 0.277 e. The number of anilines is 1. The predicted octanol–water partition coefficient (Wildman–Crippen LogP) is 5.79. The molecule has 0 aliphatic rings. The molecule has 1 aromatic heterocycles. The molecule has 0 unspecified atom stereocenters. The number of aryl methyl sites for hydroxylation is 2. The Bertz CT molecular complexity index is 1100. The fourth-order valence-corrected chi connectivity index (χ4v) is 3.43. The van der Waals surface area contributed by atoms with E-state index in [2.05, 4.69) is 0 Å². The first-order valence-electron chi connectivity index (χ1n) is 9.95. The molecule has 0 aliphatic carbocycles. The highest BCUT2D eigenvalue weighted by Crippen LogP contribution is 2.25. The molecule has 30 heavy (non-hydrogen) atoms. The molecular formula is C26H24N2O2. The SMILES string of the molecule is Cc1ccc(C)n1N(C(=O)c1ccccc1)c1ccc(OCc2ccccc2)cc1. The van der Waals surface area contributed by atoms with Crippen molar-refractivity contribution in [2.75, 3.05) is 5.01 Å². The maximum absolute atomic E-state index is 13.4. The third-order valence-electron chi connectivity index (χ3n) is 4.98. The monoisotopic (exact) mass is 396 g/mol. The number of aromatic nitrogens is 1. The molecule has 0 saturated heterocycles. The van der Waals surface area contributed by atoms with Crippen molar-refractivity contribution in [3.8, 4) is 5.75 Å². The standard InChI is InChI=1S/C26H24N2O2/c1-20-13-14-21(2)27(20)28(26(29)23-11-7-4-8-12-23)24-15-17-25(18-16-24)30-19-22-9-5-3-6-10-22/h3-18H,19H2,1-2H3. The second-order valence-corrected chi connectivity index (χ2v) is 7.18. The van der Waals surface area contributed by atoms with Gasteiger partial charge in [0.15, 0.2) is 0 Å². The Labute approximate surface area is 176 Å². The van der Waals surface area contributed by atoms with Crippen LogP contribution in [0.3, 0.4) is 0 Å². The fraction of sp³-hybridized carbons (Fsp3) is 0.115. The maximum Gasteiger partial charge on any atom is 0.277 e. The second kappa shape index (κ2) is 8.70. The number of rotatable bonds is 6. The Balaban J connectivity index is 1.63. The van der Waals surface area contributed by atoms with Crippen molar-refractivity contribution < 1.29 is 9.53 Å². The van der Waals surface area contributed by atoms with Gasteiger partial charge in [-0.3, -0.25) is 9.47 Å². The average molecular weight is 396 g/mol. The van der Waals surface area contributed by atoms with E-state index in [0.29, 0.717) is 12.2 Å². The Kier molecular flexibility index (Phi) is 5.66. The summed E-state index contributed by atoms with van der Waals surface area (Å²) in [5, 5.41) is 1.71. The quantitative estimate of drug-likeness (QED) is 0.413. The minimum atomic E-state index is -0.0871. The van der Waals surface area contributed by atoms with E-state index in [-0.39, 0.29) is 5.91 Å². The first kappa shape index (κ1) is 19.5. The number of hydrogen-bond donors (Lipinski definition) is 0. The Hall–Kier alpha value is -3.79. The van der Waals surface area contributed by atoms with Crippen molar-refractivity contribution >= 4 is 11.6 Å². The van der Waals surface area contributed by atoms with Gasteiger partial charge in [0.05, 0.1) is 5.69 Å². The summed E-state index contributed by atoms with van der Waals surface area (Å²) in [5.74, 6) is 0.673. The number of ether oxygens (including phenoxy) is 1. The lowest BCUT2D eigenvalue weighted by Crippen LogP contribution is -2.37. The van der Waals surface area contributed by atoms with Crippen LogP contribution in [0.5, 0.6) is 5.75 Å². The van der Waals surface area contributed by atoms with Gasteiger partial charge >= 0.3 is 0 Å². The summed E-state index contributed by atoms with van der Waals surface area (Å²) in [4.78, 5) is 13.4. The number of amides is 1. The van der Waals surface area contributed by atoms with Gasteiger partial charge in [0.25, 0.3) is 5.91 Å². The van der Waals surface area contributed by atoms with Gasteiger partial charge in [-0.05, 0) is 67.9 Å². The molecule has 0 N–H and O–H groups in total. The first-order chi connectivity index (χ1) is 14.6. The lowest BCUT2D eigenvalue weighted by molar-refractivity contribution is 0.0974. The van der Waals surface area contributed by atoms with Crippen molar-refractivity contribution in [1.29, 1.82) is 0 Å². The molecule has 0 fully saturated rings. The summed E-state index contributed by atoms with van der Waals surface area (Å²) in [6.07, 6.45) is 0. The Morgan fingerprint density at radius 3 is 1.93 bits per heavy atom. The number of carbonyl (C=O) groups excluding carboxylic acids is 1. The van der Waals surface area contributed by atoms with Crippen LogP contribution >= 0.6 is 0 Å². The average Bonchev–Trinajstić information content (AvgIpc) is 3.13. The number of nitrogens with zero attached hydrogens (tertiary/aromatic N) is 2. The third kappa shape index (κ3) is 4.13. The van der Waals surface area contributed by atoms with Gasteiger partial charge < -0.3 is 4.74 Å². The van der Waals surface area contributed by atoms with Crippen LogP contribution in [-0.2, 0) is 6.61 Å². The number of hydrogen-bond acceptors (Lipinski definition) is 2. The van der Waals surface area contributed by atoms with E-state index < -0.39 is 0 Å². The van der Waals surface area contributed by atoms with E-state index in [0.717, 1.165) is 28.4 Å². The molecule has 4 heteroatoms. The van der Waals surface area contributed by atoms with Crippen LogP contribution in [0.2, 0.25) is 0 Å². The number of carbonyl (C=O) groups is 1. The molecule has 0 atom stereocenters. The van der Waals surface area contributed by atoms with Crippen molar-refractivity contribution in [2.24, 2.45) is 0 Å². The maximum atomic E-state index is 13.4. The zero-order chi connectivity index (χ0) is 20.9. The van der Waals surface area contributed by atoms with Crippen LogP contribution in [0, 0.1) is 13.8 Å². The third-order valence-corrected chi connectivity index (χ3v) is 4.98. The second-order valence-electron chi connectivity index (χ2n) is 7.18. The lowest BCUT2D eigenvalue weighted by atomic mass is 10.2. The van der Waals surface area contributed by atoms with Gasteiger partial charge in [-0.2, -0.15) is 0 Å². The van der Waals surface area contributed by atoms with Gasteiger partial charge in [0, 0.05) is 17.0 Å². The van der Waals surface area contributed by atoms with E-state index >= 15 is 0 Å². The van der Waals surface area contributed by atoms with Crippen LogP contribution in [0.15, 0.2) is 97.1 Å². The largest absolute Gasteiger partial charge is 0.489 e. The molecule has 0 radical (unpaired) electrons. The summed E-state index contributed by atoms with van der Waals surface area (Å²) in [6.45, 7) is 4.49. The van der Waals surface area contributed by atoms with Crippen molar-refractivity contribution in [3.05, 3.63) is 120 Å². The molecule has 0 bridgehead atoms. The zero-order valence-corrected chi connectivity index (χ0v) is 17.2. The van der Waals surface area contributed by atoms with E-state index in [4.69, 9.17) is 4.74 Å². The van der Waals surface area contributed by atoms with E-state index in [1.807, 2.05) is 116 Å². The lowest BCUT2D eigenvalue weighted by Gasteiger charge is -2.27. The highest BCUT2D eigenvalue weighted by atomic mass is 16.5. The summed E-state index contributed by atoms with van der Waals surface area (Å²) in [7, 11) is 0. The van der Waals surface area contributed by atoms with Gasteiger partial charge in [0.1, 0.15) is 12.4 Å². The van der Waals surface area contributed by atoms with Gasteiger partial charge in [-0.15, -0.1) is 0 Å². The van der Waals surface area contributed by atoms with Gasteiger partial charge in [-0.1, -0.05) is 48.5 Å². The summed E-state index contributed by atoms with van der Waals surface area (Å²) >= 11 is 0. The van der Waals surface area contributed by atoms with Gasteiger partial charge in [-0.25, -0.2) is 5.01 Å². The highest BCUT2D eigenvalue weighted by Gasteiger charge is 2.22. The molecular weight excluding hydrogens is 372 g/mol. The molecule has 1 amide bonds. The summed E-state index contributed by atoms with van der Waals surface area (Å²) in [5.41, 5.74) is 4.50. The molecule has 4 rings (SSSR count). The number of benzene rings is 3. The Morgan fingerprint density at radius 2 is 1.33 bits per heavy atom. The fourth-order valence-electron chi connectivity index (χ4n) is 3.43. The first-order valence-corrected chi connectivity index (χ1v) is 9.95. The van der Waals surface area contributed by atoms with E-state index in [1.54, 1.807) is 5.01 Å². The molecule has 0 saturated carbocycles. The minimum Gasteiger partial charge on any atom is -0.489 e. The van der Waals surface area contributed by atoms with Crippen molar-refractivity contribution in [1.82, 2.24) is 4.68 Å². The summed E-state index contributed by atoms with van der Waals surface area (Å²) < 4.78 is 7.84.